The zero-order valence-corrected chi connectivity index (χ0v) is 16.1. The largest absolute Gasteiger partial charge is 0.355 e. The number of rotatable bonds is 4. The van der Waals surface area contributed by atoms with Crippen LogP contribution in [-0.4, -0.2) is 74.0 Å². The Kier molecular flexibility index (Phi) is 9.08. The highest BCUT2D eigenvalue weighted by Crippen LogP contribution is 2.17. The smallest absolute Gasteiger partial charge is 0.219 e. The minimum absolute atomic E-state index is 0. The average molecular weight is 423 g/mol. The van der Waals surface area contributed by atoms with Crippen molar-refractivity contribution < 1.29 is 4.79 Å². The number of carbonyl (C=O) groups excluding carboxylic acids is 1. The number of hydrogen-bond donors (Lipinski definition) is 2. The third kappa shape index (κ3) is 6.28. The van der Waals surface area contributed by atoms with Crippen molar-refractivity contribution in [3.63, 3.8) is 0 Å². The second-order valence-electron chi connectivity index (χ2n) is 5.97. The lowest BCUT2D eigenvalue weighted by atomic mass is 10.2. The maximum absolute atomic E-state index is 11.3. The molecule has 0 atom stereocenters. The Morgan fingerprint density at radius 1 is 1.18 bits per heavy atom. The molecule has 0 bridgehead atoms. The molecule has 22 heavy (non-hydrogen) atoms. The van der Waals surface area contributed by atoms with Crippen LogP contribution in [0, 0.1) is 0 Å². The Labute approximate surface area is 151 Å². The summed E-state index contributed by atoms with van der Waals surface area (Å²) in [5.74, 6) is 1.11. The molecule has 2 aliphatic rings. The number of halogens is 1. The first kappa shape index (κ1) is 19.5. The van der Waals surface area contributed by atoms with Crippen molar-refractivity contribution in [2.45, 2.75) is 38.6 Å². The molecule has 1 aliphatic heterocycles. The van der Waals surface area contributed by atoms with Crippen molar-refractivity contribution in [2.24, 2.45) is 4.99 Å². The lowest BCUT2D eigenvalue weighted by molar-refractivity contribution is -0.130. The topological polar surface area (TPSA) is 60.0 Å². The van der Waals surface area contributed by atoms with Crippen molar-refractivity contribution in [1.29, 1.82) is 0 Å². The predicted molar refractivity (Wildman–Crippen MR) is 101 cm³/mol. The SMILES string of the molecule is CN=C(NCCN1CCN(C(C)=O)CC1)NC1CCCC1.I. The molecule has 1 saturated heterocycles. The monoisotopic (exact) mass is 423 g/mol. The summed E-state index contributed by atoms with van der Waals surface area (Å²) in [4.78, 5) is 19.9. The molecule has 6 nitrogen and oxygen atoms in total. The van der Waals surface area contributed by atoms with Crippen LogP contribution < -0.4 is 10.6 Å². The van der Waals surface area contributed by atoms with E-state index in [1.807, 2.05) is 11.9 Å². The molecule has 2 N–H and O–H groups in total. The van der Waals surface area contributed by atoms with Crippen LogP contribution in [0.1, 0.15) is 32.6 Å². The van der Waals surface area contributed by atoms with Crippen molar-refractivity contribution >= 4 is 35.8 Å². The first-order valence-corrected chi connectivity index (χ1v) is 8.14. The summed E-state index contributed by atoms with van der Waals surface area (Å²) in [7, 11) is 1.83. The highest BCUT2D eigenvalue weighted by atomic mass is 127. The molecular formula is C15H30IN5O. The maximum Gasteiger partial charge on any atom is 0.219 e. The van der Waals surface area contributed by atoms with E-state index in [4.69, 9.17) is 0 Å². The Hall–Kier alpha value is -0.570. The summed E-state index contributed by atoms with van der Waals surface area (Å²) in [6, 6.07) is 0.593. The van der Waals surface area contributed by atoms with Gasteiger partial charge in [-0.15, -0.1) is 24.0 Å². The molecule has 7 heteroatoms. The standard InChI is InChI=1S/C15H29N5O.HI/c1-13(21)20-11-9-19(10-12-20)8-7-17-15(16-2)18-14-5-3-4-6-14;/h14H,3-12H2,1-2H3,(H2,16,17,18);1H. The third-order valence-electron chi connectivity index (χ3n) is 4.46. The van der Waals surface area contributed by atoms with Crippen LogP contribution in [0.25, 0.3) is 0 Å². The summed E-state index contributed by atoms with van der Waals surface area (Å²) in [5, 5.41) is 6.89. The molecule has 0 radical (unpaired) electrons. The zero-order valence-electron chi connectivity index (χ0n) is 13.8. The van der Waals surface area contributed by atoms with Crippen LogP contribution in [0.15, 0.2) is 4.99 Å². The van der Waals surface area contributed by atoms with E-state index >= 15 is 0 Å². The first-order valence-electron chi connectivity index (χ1n) is 8.14. The maximum atomic E-state index is 11.3. The molecule has 0 unspecified atom stereocenters. The van der Waals surface area contributed by atoms with E-state index in [0.717, 1.165) is 45.2 Å². The molecule has 2 fully saturated rings. The van der Waals surface area contributed by atoms with Crippen molar-refractivity contribution in [3.05, 3.63) is 0 Å². The van der Waals surface area contributed by atoms with E-state index in [9.17, 15) is 4.79 Å². The average Bonchev–Trinajstić information content (AvgIpc) is 2.99. The summed E-state index contributed by atoms with van der Waals surface area (Å²) in [5.41, 5.74) is 0. The van der Waals surface area contributed by atoms with Gasteiger partial charge in [-0.3, -0.25) is 14.7 Å². The quantitative estimate of drug-likeness (QED) is 0.401. The van der Waals surface area contributed by atoms with Crippen LogP contribution in [0.4, 0.5) is 0 Å². The molecule has 0 aromatic rings. The van der Waals surface area contributed by atoms with Gasteiger partial charge in [0.05, 0.1) is 0 Å². The fourth-order valence-corrected chi connectivity index (χ4v) is 3.08. The normalized spacial score (nSPS) is 20.6. The minimum atomic E-state index is 0. The molecular weight excluding hydrogens is 393 g/mol. The molecule has 1 heterocycles. The van der Waals surface area contributed by atoms with Gasteiger partial charge in [-0.05, 0) is 12.8 Å². The number of carbonyl (C=O) groups is 1. The van der Waals surface area contributed by atoms with Crippen molar-refractivity contribution in [3.8, 4) is 0 Å². The second kappa shape index (κ2) is 10.3. The van der Waals surface area contributed by atoms with E-state index in [2.05, 4.69) is 20.5 Å². The molecule has 2 rings (SSSR count). The fourth-order valence-electron chi connectivity index (χ4n) is 3.08. The number of nitrogens with zero attached hydrogens (tertiary/aromatic N) is 3. The Bertz CT molecular complexity index is 363. The lowest BCUT2D eigenvalue weighted by Crippen LogP contribution is -2.50. The van der Waals surface area contributed by atoms with Gasteiger partial charge in [0, 0.05) is 59.3 Å². The van der Waals surface area contributed by atoms with Gasteiger partial charge in [-0.1, -0.05) is 12.8 Å². The number of nitrogens with one attached hydrogen (secondary N) is 2. The highest BCUT2D eigenvalue weighted by Gasteiger charge is 2.18. The van der Waals surface area contributed by atoms with Gasteiger partial charge in [-0.25, -0.2) is 0 Å². The molecule has 1 saturated carbocycles. The van der Waals surface area contributed by atoms with Crippen LogP contribution in [-0.2, 0) is 4.79 Å². The minimum Gasteiger partial charge on any atom is -0.355 e. The van der Waals surface area contributed by atoms with Crippen molar-refractivity contribution in [1.82, 2.24) is 20.4 Å². The number of hydrogen-bond acceptors (Lipinski definition) is 3. The summed E-state index contributed by atoms with van der Waals surface area (Å²) >= 11 is 0. The molecule has 1 aliphatic carbocycles. The molecule has 0 aromatic heterocycles. The van der Waals surface area contributed by atoms with E-state index in [1.54, 1.807) is 6.92 Å². The third-order valence-corrected chi connectivity index (χ3v) is 4.46. The molecule has 1 amide bonds. The van der Waals surface area contributed by atoms with Gasteiger partial charge in [0.15, 0.2) is 5.96 Å². The summed E-state index contributed by atoms with van der Waals surface area (Å²) in [6.07, 6.45) is 5.17. The van der Waals surface area contributed by atoms with Crippen LogP contribution in [0.3, 0.4) is 0 Å². The van der Waals surface area contributed by atoms with E-state index in [1.165, 1.54) is 25.7 Å². The van der Waals surface area contributed by atoms with Crippen LogP contribution in [0.5, 0.6) is 0 Å². The number of amides is 1. The van der Waals surface area contributed by atoms with Gasteiger partial charge in [0.25, 0.3) is 0 Å². The first-order chi connectivity index (χ1) is 10.2. The number of piperazine rings is 1. The van der Waals surface area contributed by atoms with Gasteiger partial charge < -0.3 is 15.5 Å². The number of guanidine groups is 1. The van der Waals surface area contributed by atoms with E-state index in [0.29, 0.717) is 6.04 Å². The Morgan fingerprint density at radius 2 is 1.82 bits per heavy atom. The second-order valence-corrected chi connectivity index (χ2v) is 5.97. The highest BCUT2D eigenvalue weighted by molar-refractivity contribution is 14.0. The van der Waals surface area contributed by atoms with Crippen molar-refractivity contribution in [2.75, 3.05) is 46.3 Å². The van der Waals surface area contributed by atoms with E-state index in [-0.39, 0.29) is 29.9 Å². The van der Waals surface area contributed by atoms with Gasteiger partial charge in [-0.2, -0.15) is 0 Å². The number of aliphatic imine (C=N–C) groups is 1. The van der Waals surface area contributed by atoms with Gasteiger partial charge in [0.1, 0.15) is 0 Å². The lowest BCUT2D eigenvalue weighted by Gasteiger charge is -2.34. The molecule has 128 valence electrons. The fraction of sp³-hybridized carbons (Fsp3) is 0.867. The van der Waals surface area contributed by atoms with Crippen LogP contribution in [0.2, 0.25) is 0 Å². The molecule has 0 aromatic carbocycles. The molecule has 0 spiro atoms. The zero-order chi connectivity index (χ0) is 15.1. The summed E-state index contributed by atoms with van der Waals surface area (Å²) < 4.78 is 0. The van der Waals surface area contributed by atoms with Gasteiger partial charge in [0.2, 0.25) is 5.91 Å². The van der Waals surface area contributed by atoms with E-state index < -0.39 is 0 Å². The van der Waals surface area contributed by atoms with Crippen LogP contribution >= 0.6 is 24.0 Å². The predicted octanol–water partition coefficient (Wildman–Crippen LogP) is 0.876. The summed E-state index contributed by atoms with van der Waals surface area (Å²) in [6.45, 7) is 7.18. The van der Waals surface area contributed by atoms with Gasteiger partial charge >= 0.3 is 0 Å². The Balaban J connectivity index is 0.00000242. The Morgan fingerprint density at radius 3 is 2.36 bits per heavy atom.